The van der Waals surface area contributed by atoms with Crippen LogP contribution in [0, 0.1) is 0 Å². The van der Waals surface area contributed by atoms with Crippen LogP contribution >= 0.6 is 23.2 Å². The van der Waals surface area contributed by atoms with Gasteiger partial charge < -0.3 is 5.11 Å². The number of hydrogen-bond donors (Lipinski definition) is 1. The van der Waals surface area contributed by atoms with Gasteiger partial charge in [-0.25, -0.2) is 5.01 Å². The fraction of sp³-hybridized carbons (Fsp3) is 0.0909. The predicted octanol–water partition coefficient (Wildman–Crippen LogP) is 5.69. The lowest BCUT2D eigenvalue weighted by molar-refractivity contribution is 0.0709. The Labute approximate surface area is 172 Å². The Morgan fingerprint density at radius 1 is 0.964 bits per heavy atom. The van der Waals surface area contributed by atoms with Gasteiger partial charge in [-0.3, -0.25) is 4.79 Å². The number of phenols is 1. The quantitative estimate of drug-likeness (QED) is 0.602. The maximum absolute atomic E-state index is 13.2. The van der Waals surface area contributed by atoms with Gasteiger partial charge in [-0.1, -0.05) is 59.6 Å². The zero-order valence-electron chi connectivity index (χ0n) is 14.7. The highest BCUT2D eigenvalue weighted by atomic mass is 35.5. The molecule has 1 aliphatic heterocycles. The van der Waals surface area contributed by atoms with Crippen molar-refractivity contribution in [2.45, 2.75) is 12.5 Å². The average Bonchev–Trinajstić information content (AvgIpc) is 3.13. The Bertz CT molecular complexity index is 1060. The molecule has 1 amide bonds. The Hall–Kier alpha value is -2.82. The number of phenolic OH excluding ortho intramolecular Hbond substituents is 1. The van der Waals surface area contributed by atoms with E-state index < -0.39 is 6.04 Å². The van der Waals surface area contributed by atoms with Crippen molar-refractivity contribution in [1.82, 2.24) is 5.01 Å². The van der Waals surface area contributed by atoms with Gasteiger partial charge in [0, 0.05) is 27.6 Å². The van der Waals surface area contributed by atoms with Gasteiger partial charge in [-0.05, 0) is 42.0 Å². The molecule has 4 nitrogen and oxygen atoms in total. The lowest BCUT2D eigenvalue weighted by Gasteiger charge is -2.22. The molecule has 0 saturated heterocycles. The molecule has 1 heterocycles. The van der Waals surface area contributed by atoms with Gasteiger partial charge in [0.15, 0.2) is 0 Å². The molecule has 0 spiro atoms. The Kier molecular flexibility index (Phi) is 5.07. The molecule has 6 heteroatoms. The highest BCUT2D eigenvalue weighted by molar-refractivity contribution is 6.31. The van der Waals surface area contributed by atoms with Gasteiger partial charge in [-0.2, -0.15) is 5.10 Å². The van der Waals surface area contributed by atoms with E-state index in [4.69, 9.17) is 23.2 Å². The number of carbonyl (C=O) groups excluding carboxylic acids is 1. The summed E-state index contributed by atoms with van der Waals surface area (Å²) < 4.78 is 0. The van der Waals surface area contributed by atoms with E-state index in [-0.39, 0.29) is 11.7 Å². The third kappa shape index (κ3) is 3.61. The van der Waals surface area contributed by atoms with E-state index >= 15 is 0 Å². The average molecular weight is 411 g/mol. The van der Waals surface area contributed by atoms with Crippen LogP contribution in [-0.2, 0) is 0 Å². The third-order valence-corrected chi connectivity index (χ3v) is 5.15. The van der Waals surface area contributed by atoms with Gasteiger partial charge in [0.1, 0.15) is 5.75 Å². The molecule has 0 radical (unpaired) electrons. The van der Waals surface area contributed by atoms with E-state index in [1.165, 1.54) is 5.01 Å². The van der Waals surface area contributed by atoms with E-state index in [0.29, 0.717) is 27.6 Å². The monoisotopic (exact) mass is 410 g/mol. The minimum atomic E-state index is -0.418. The van der Waals surface area contributed by atoms with Crippen molar-refractivity contribution < 1.29 is 9.90 Å². The fourth-order valence-electron chi connectivity index (χ4n) is 3.28. The van der Waals surface area contributed by atoms with Crippen LogP contribution in [0.1, 0.15) is 33.9 Å². The summed E-state index contributed by atoms with van der Waals surface area (Å²) in [6.45, 7) is 0. The summed E-state index contributed by atoms with van der Waals surface area (Å²) in [6.07, 6.45) is 0.478. The Morgan fingerprint density at radius 2 is 1.71 bits per heavy atom. The van der Waals surface area contributed by atoms with Gasteiger partial charge in [-0.15, -0.1) is 0 Å². The third-order valence-electron chi connectivity index (χ3n) is 4.66. The summed E-state index contributed by atoms with van der Waals surface area (Å²) in [5, 5.41) is 17.5. The molecule has 0 aliphatic carbocycles. The number of nitrogens with zero attached hydrogens (tertiary/aromatic N) is 2. The molecule has 1 aliphatic rings. The normalized spacial score (nSPS) is 16.1. The molecule has 0 fully saturated rings. The van der Waals surface area contributed by atoms with E-state index in [9.17, 15) is 9.90 Å². The molecule has 1 atom stereocenters. The van der Waals surface area contributed by atoms with Gasteiger partial charge in [0.25, 0.3) is 5.91 Å². The Morgan fingerprint density at radius 3 is 2.43 bits per heavy atom. The highest BCUT2D eigenvalue weighted by Gasteiger charge is 2.35. The first kappa shape index (κ1) is 18.5. The van der Waals surface area contributed by atoms with Crippen LogP contribution in [0.2, 0.25) is 10.0 Å². The second-order valence-electron chi connectivity index (χ2n) is 6.49. The molecule has 28 heavy (non-hydrogen) atoms. The van der Waals surface area contributed by atoms with Crippen LogP contribution in [-0.4, -0.2) is 21.7 Å². The summed E-state index contributed by atoms with van der Waals surface area (Å²) >= 11 is 12.0. The zero-order chi connectivity index (χ0) is 19.7. The van der Waals surface area contributed by atoms with Crippen LogP contribution in [0.3, 0.4) is 0 Å². The van der Waals surface area contributed by atoms with Crippen LogP contribution in [0.5, 0.6) is 5.75 Å². The van der Waals surface area contributed by atoms with Crippen molar-refractivity contribution >= 4 is 34.8 Å². The second-order valence-corrected chi connectivity index (χ2v) is 7.37. The molecule has 4 rings (SSSR count). The molecule has 1 unspecified atom stereocenters. The number of halogens is 2. The molecular formula is C22H16Cl2N2O2. The van der Waals surface area contributed by atoms with E-state index in [0.717, 1.165) is 11.3 Å². The van der Waals surface area contributed by atoms with Crippen LogP contribution in [0.15, 0.2) is 77.9 Å². The minimum Gasteiger partial charge on any atom is -0.508 e. The minimum absolute atomic E-state index is 0.129. The number of carbonyl (C=O) groups is 1. The maximum Gasteiger partial charge on any atom is 0.274 e. The standard InChI is InChI=1S/C22H16Cl2N2O2/c23-16-10-8-14(9-11-16)19-13-20(18-6-1-2-7-21(18)27)26(25-19)22(28)15-4-3-5-17(24)12-15/h1-12,20,27H,13H2. The predicted molar refractivity (Wildman–Crippen MR) is 111 cm³/mol. The number of para-hydroxylation sites is 1. The molecule has 1 N–H and O–H groups in total. The number of hydrazone groups is 1. The SMILES string of the molecule is O=C(c1cccc(Cl)c1)N1N=C(c2ccc(Cl)cc2)CC1c1ccccc1O. The first-order valence-corrected chi connectivity index (χ1v) is 9.49. The molecule has 0 bridgehead atoms. The van der Waals surface area contributed by atoms with E-state index in [1.807, 2.05) is 18.2 Å². The van der Waals surface area contributed by atoms with E-state index in [1.54, 1.807) is 54.6 Å². The zero-order valence-corrected chi connectivity index (χ0v) is 16.2. The summed E-state index contributed by atoms with van der Waals surface area (Å²) in [5.41, 5.74) is 2.71. The molecule has 0 aromatic heterocycles. The molecular weight excluding hydrogens is 395 g/mol. The molecule has 3 aromatic carbocycles. The van der Waals surface area contributed by atoms with Crippen molar-refractivity contribution in [2.75, 3.05) is 0 Å². The van der Waals surface area contributed by atoms with E-state index in [2.05, 4.69) is 5.10 Å². The lowest BCUT2D eigenvalue weighted by atomic mass is 9.97. The van der Waals surface area contributed by atoms with Gasteiger partial charge in [0.2, 0.25) is 0 Å². The number of benzene rings is 3. The van der Waals surface area contributed by atoms with Crippen molar-refractivity contribution in [3.05, 3.63) is 99.5 Å². The summed E-state index contributed by atoms with van der Waals surface area (Å²) in [4.78, 5) is 13.2. The van der Waals surface area contributed by atoms with Crippen molar-refractivity contribution in [3.8, 4) is 5.75 Å². The maximum atomic E-state index is 13.2. The first-order valence-electron chi connectivity index (χ1n) is 8.73. The lowest BCUT2D eigenvalue weighted by Crippen LogP contribution is -2.27. The van der Waals surface area contributed by atoms with Crippen molar-refractivity contribution in [3.63, 3.8) is 0 Å². The fourth-order valence-corrected chi connectivity index (χ4v) is 3.60. The number of amides is 1. The van der Waals surface area contributed by atoms with Gasteiger partial charge >= 0.3 is 0 Å². The topological polar surface area (TPSA) is 52.9 Å². The highest BCUT2D eigenvalue weighted by Crippen LogP contribution is 2.38. The largest absolute Gasteiger partial charge is 0.508 e. The summed E-state index contributed by atoms with van der Waals surface area (Å²) in [7, 11) is 0. The molecule has 3 aromatic rings. The molecule has 0 saturated carbocycles. The van der Waals surface area contributed by atoms with Crippen LogP contribution in [0.25, 0.3) is 0 Å². The Balaban J connectivity index is 1.76. The molecule has 140 valence electrons. The second kappa shape index (κ2) is 7.66. The van der Waals surface area contributed by atoms with Crippen LogP contribution in [0.4, 0.5) is 0 Å². The number of rotatable bonds is 3. The summed E-state index contributed by atoms with van der Waals surface area (Å²) in [5.74, 6) is -0.149. The van der Waals surface area contributed by atoms with Gasteiger partial charge in [0.05, 0.1) is 11.8 Å². The van der Waals surface area contributed by atoms with Crippen molar-refractivity contribution in [1.29, 1.82) is 0 Å². The van der Waals surface area contributed by atoms with Crippen LogP contribution < -0.4 is 0 Å². The summed E-state index contributed by atoms with van der Waals surface area (Å²) in [6, 6.07) is 20.6. The first-order chi connectivity index (χ1) is 13.5. The number of hydrogen-bond acceptors (Lipinski definition) is 3. The smallest absolute Gasteiger partial charge is 0.274 e. The van der Waals surface area contributed by atoms with Crippen molar-refractivity contribution in [2.24, 2.45) is 5.10 Å². The number of aromatic hydroxyl groups is 1.